The first kappa shape index (κ1) is 15.5. The van der Waals surface area contributed by atoms with Gasteiger partial charge in [0.2, 0.25) is 8.32 Å². The van der Waals surface area contributed by atoms with Crippen LogP contribution in [-0.4, -0.2) is 8.32 Å². The summed E-state index contributed by atoms with van der Waals surface area (Å²) in [4.78, 5) is 0. The van der Waals surface area contributed by atoms with Crippen LogP contribution in [0.15, 0.2) is 30.4 Å². The van der Waals surface area contributed by atoms with Crippen LogP contribution in [0.25, 0.3) is 0 Å². The molecule has 1 fully saturated rings. The minimum Gasteiger partial charge on any atom is -0.544 e. The second kappa shape index (κ2) is 5.24. The minimum absolute atomic E-state index is 0.486. The van der Waals surface area contributed by atoms with E-state index in [2.05, 4.69) is 56.9 Å². The van der Waals surface area contributed by atoms with Gasteiger partial charge in [0.1, 0.15) is 5.75 Å². The molecule has 2 heteroatoms. The minimum atomic E-state index is -1.51. The molecule has 0 amide bonds. The van der Waals surface area contributed by atoms with Crippen molar-refractivity contribution >= 4 is 8.32 Å². The predicted octanol–water partition coefficient (Wildman–Crippen LogP) is 5.92. The number of rotatable bonds is 2. The molecule has 23 heavy (non-hydrogen) atoms. The van der Waals surface area contributed by atoms with Gasteiger partial charge >= 0.3 is 0 Å². The van der Waals surface area contributed by atoms with E-state index >= 15 is 0 Å². The van der Waals surface area contributed by atoms with Crippen LogP contribution in [0.4, 0.5) is 0 Å². The van der Waals surface area contributed by atoms with Crippen molar-refractivity contribution in [2.45, 2.75) is 64.6 Å². The molecule has 0 bridgehead atoms. The maximum absolute atomic E-state index is 6.22. The second-order valence-corrected chi connectivity index (χ2v) is 13.6. The van der Waals surface area contributed by atoms with Gasteiger partial charge in [-0.05, 0) is 98.2 Å². The van der Waals surface area contributed by atoms with E-state index < -0.39 is 8.32 Å². The number of hydrogen-bond donors (Lipinski definition) is 0. The Kier molecular flexibility index (Phi) is 3.53. The first-order chi connectivity index (χ1) is 10.9. The van der Waals surface area contributed by atoms with Crippen LogP contribution in [0.2, 0.25) is 19.6 Å². The average molecular weight is 327 g/mol. The molecule has 4 rings (SSSR count). The highest BCUT2D eigenvalue weighted by Crippen LogP contribution is 2.58. The summed E-state index contributed by atoms with van der Waals surface area (Å²) >= 11 is 0. The third kappa shape index (κ3) is 2.69. The molecule has 0 aromatic heterocycles. The third-order valence-electron chi connectivity index (χ3n) is 6.45. The van der Waals surface area contributed by atoms with Crippen molar-refractivity contribution in [3.63, 3.8) is 0 Å². The van der Waals surface area contributed by atoms with Gasteiger partial charge in [-0.1, -0.05) is 25.1 Å². The van der Waals surface area contributed by atoms with Crippen molar-refractivity contribution in [1.82, 2.24) is 0 Å². The van der Waals surface area contributed by atoms with E-state index in [0.717, 1.165) is 23.5 Å². The molecule has 1 nitrogen and oxygen atoms in total. The van der Waals surface area contributed by atoms with Gasteiger partial charge in [-0.15, -0.1) is 0 Å². The summed E-state index contributed by atoms with van der Waals surface area (Å²) in [7, 11) is -1.51. The van der Waals surface area contributed by atoms with Crippen molar-refractivity contribution in [3.8, 4) is 5.75 Å². The first-order valence-electron chi connectivity index (χ1n) is 9.35. The molecule has 1 aromatic carbocycles. The first-order valence-corrected chi connectivity index (χ1v) is 12.8. The van der Waals surface area contributed by atoms with E-state index in [1.165, 1.54) is 32.1 Å². The summed E-state index contributed by atoms with van der Waals surface area (Å²) in [6.07, 6.45) is 11.6. The summed E-state index contributed by atoms with van der Waals surface area (Å²) in [6, 6.07) is 6.98. The number of hydrogen-bond acceptors (Lipinski definition) is 1. The van der Waals surface area contributed by atoms with Crippen LogP contribution >= 0.6 is 0 Å². The molecule has 0 aliphatic heterocycles. The van der Waals surface area contributed by atoms with Crippen LogP contribution in [0.3, 0.4) is 0 Å². The fourth-order valence-electron chi connectivity index (χ4n) is 5.46. The van der Waals surface area contributed by atoms with Gasteiger partial charge in [0.05, 0.1) is 0 Å². The Balaban J connectivity index is 1.62. The predicted molar refractivity (Wildman–Crippen MR) is 99.6 cm³/mol. The van der Waals surface area contributed by atoms with E-state index in [9.17, 15) is 0 Å². The molecule has 3 aliphatic carbocycles. The number of fused-ring (bicyclic) bond motifs is 5. The number of benzene rings is 1. The molecule has 0 N–H and O–H groups in total. The van der Waals surface area contributed by atoms with Gasteiger partial charge in [0.15, 0.2) is 0 Å². The average Bonchev–Trinajstić information content (AvgIpc) is 2.86. The van der Waals surface area contributed by atoms with E-state index in [1.54, 1.807) is 11.1 Å². The smallest absolute Gasteiger partial charge is 0.242 e. The van der Waals surface area contributed by atoms with Crippen LogP contribution in [0.1, 0.15) is 49.7 Å². The van der Waals surface area contributed by atoms with Gasteiger partial charge in [0, 0.05) is 0 Å². The van der Waals surface area contributed by atoms with Crippen LogP contribution in [-0.2, 0) is 6.42 Å². The highest BCUT2D eigenvalue weighted by Gasteiger charge is 2.48. The lowest BCUT2D eigenvalue weighted by Crippen LogP contribution is -2.39. The van der Waals surface area contributed by atoms with Crippen molar-refractivity contribution < 1.29 is 4.43 Å². The molecule has 0 radical (unpaired) electrons. The lowest BCUT2D eigenvalue weighted by Gasteiger charge is -2.49. The largest absolute Gasteiger partial charge is 0.544 e. The monoisotopic (exact) mass is 326 g/mol. The normalized spacial score (nSPS) is 35.4. The molecule has 0 saturated heterocycles. The third-order valence-corrected chi connectivity index (χ3v) is 7.30. The van der Waals surface area contributed by atoms with Crippen molar-refractivity contribution in [2.75, 3.05) is 0 Å². The molecule has 0 heterocycles. The fraction of sp³-hybridized carbons (Fsp3) is 0.619. The molecule has 4 atom stereocenters. The molecule has 1 saturated carbocycles. The van der Waals surface area contributed by atoms with Crippen molar-refractivity contribution in [1.29, 1.82) is 0 Å². The van der Waals surface area contributed by atoms with E-state index in [4.69, 9.17) is 4.43 Å². The van der Waals surface area contributed by atoms with E-state index in [1.807, 2.05) is 0 Å². The van der Waals surface area contributed by atoms with E-state index in [-0.39, 0.29) is 0 Å². The van der Waals surface area contributed by atoms with Crippen molar-refractivity contribution in [2.24, 2.45) is 17.3 Å². The molecule has 4 unspecified atom stereocenters. The summed E-state index contributed by atoms with van der Waals surface area (Å²) in [5.74, 6) is 3.66. The Morgan fingerprint density at radius 3 is 2.78 bits per heavy atom. The lowest BCUT2D eigenvalue weighted by molar-refractivity contribution is 0.0826. The van der Waals surface area contributed by atoms with Gasteiger partial charge in [-0.3, -0.25) is 0 Å². The summed E-state index contributed by atoms with van der Waals surface area (Å²) in [5.41, 5.74) is 3.69. The Bertz CT molecular complexity index is 642. The topological polar surface area (TPSA) is 9.23 Å². The number of allylic oxidation sites excluding steroid dienone is 2. The number of aryl methyl sites for hydroxylation is 1. The highest BCUT2D eigenvalue weighted by molar-refractivity contribution is 6.70. The van der Waals surface area contributed by atoms with Crippen LogP contribution in [0, 0.1) is 17.3 Å². The van der Waals surface area contributed by atoms with Gasteiger partial charge in [0.25, 0.3) is 0 Å². The fourth-order valence-corrected chi connectivity index (χ4v) is 6.29. The Hall–Kier alpha value is -1.02. The molecular formula is C21H30OSi. The lowest BCUT2D eigenvalue weighted by atomic mass is 9.56. The molecule has 124 valence electrons. The zero-order chi connectivity index (χ0) is 16.2. The molecule has 0 spiro atoms. The SMILES string of the molecule is CC12C=CCC1C1CCc3cc(O[Si](C)(C)C)ccc3C1CC2. The summed E-state index contributed by atoms with van der Waals surface area (Å²) in [5, 5.41) is 0. The van der Waals surface area contributed by atoms with Crippen molar-refractivity contribution in [3.05, 3.63) is 41.5 Å². The van der Waals surface area contributed by atoms with Gasteiger partial charge in [-0.2, -0.15) is 0 Å². The Labute approximate surface area is 142 Å². The highest BCUT2D eigenvalue weighted by atomic mass is 28.4. The zero-order valence-electron chi connectivity index (χ0n) is 15.1. The van der Waals surface area contributed by atoms with Crippen LogP contribution < -0.4 is 4.43 Å². The Morgan fingerprint density at radius 1 is 1.17 bits per heavy atom. The second-order valence-electron chi connectivity index (χ2n) is 9.17. The molecule has 3 aliphatic rings. The molecular weight excluding hydrogens is 296 g/mol. The van der Waals surface area contributed by atoms with Crippen LogP contribution in [0.5, 0.6) is 5.75 Å². The standard InChI is InChI=1S/C21H30OSi/c1-21-12-5-6-20(21)19-9-7-15-14-16(22-23(2,3)4)8-10-17(15)18(19)11-13-21/h5,8,10,12,14,18-20H,6-7,9,11,13H2,1-4H3. The maximum atomic E-state index is 6.22. The maximum Gasteiger partial charge on any atom is 0.242 e. The molecule has 1 aromatic rings. The summed E-state index contributed by atoms with van der Waals surface area (Å²) < 4.78 is 6.22. The van der Waals surface area contributed by atoms with Gasteiger partial charge in [-0.25, -0.2) is 0 Å². The zero-order valence-corrected chi connectivity index (χ0v) is 16.1. The van der Waals surface area contributed by atoms with Gasteiger partial charge < -0.3 is 4.43 Å². The quantitative estimate of drug-likeness (QED) is 0.484. The summed E-state index contributed by atoms with van der Waals surface area (Å²) in [6.45, 7) is 9.28. The Morgan fingerprint density at radius 2 is 2.00 bits per heavy atom. The van der Waals surface area contributed by atoms with E-state index in [0.29, 0.717) is 5.41 Å².